The molecular formula is C57H106N2O7P+. The Kier molecular flexibility index (Phi) is 45.8. The average molecular weight is 962 g/mol. The van der Waals surface area contributed by atoms with Crippen molar-refractivity contribution in [3.05, 3.63) is 60.8 Å². The maximum absolute atomic E-state index is 13.5. The van der Waals surface area contributed by atoms with Crippen LogP contribution in [0.4, 0.5) is 0 Å². The molecule has 1 amide bonds. The molecule has 0 fully saturated rings. The zero-order valence-electron chi connectivity index (χ0n) is 44.4. The van der Waals surface area contributed by atoms with Crippen molar-refractivity contribution in [2.45, 2.75) is 251 Å². The zero-order valence-corrected chi connectivity index (χ0v) is 45.3. The first kappa shape index (κ1) is 64.7. The number of nitrogens with zero attached hydrogens (tertiary/aromatic N) is 1. The first-order valence-electron chi connectivity index (χ1n) is 27.6. The number of hydrogen-bond acceptors (Lipinski definition) is 6. The summed E-state index contributed by atoms with van der Waals surface area (Å²) in [6.45, 7) is 6.93. The highest BCUT2D eigenvalue weighted by Crippen LogP contribution is 2.43. The van der Waals surface area contributed by atoms with E-state index in [0.717, 1.165) is 77.0 Å². The number of unbranched alkanes of at least 4 members (excludes halogenated alkanes) is 25. The van der Waals surface area contributed by atoms with E-state index in [0.29, 0.717) is 23.9 Å². The number of allylic oxidation sites excluding steroid dienone is 9. The highest BCUT2D eigenvalue weighted by Gasteiger charge is 2.30. The first-order valence-corrected chi connectivity index (χ1v) is 29.1. The Hall–Kier alpha value is -2.29. The van der Waals surface area contributed by atoms with Crippen LogP contribution in [0.3, 0.4) is 0 Å². The third-order valence-electron chi connectivity index (χ3n) is 12.0. The second-order valence-corrected chi connectivity index (χ2v) is 21.2. The van der Waals surface area contributed by atoms with Crippen molar-refractivity contribution in [3.63, 3.8) is 0 Å². The molecule has 0 aliphatic carbocycles. The second-order valence-electron chi connectivity index (χ2n) is 19.8. The molecule has 10 heteroatoms. The van der Waals surface area contributed by atoms with Crippen molar-refractivity contribution in [2.24, 2.45) is 0 Å². The van der Waals surface area contributed by atoms with Crippen LogP contribution < -0.4 is 5.32 Å². The monoisotopic (exact) mass is 962 g/mol. The van der Waals surface area contributed by atoms with Gasteiger partial charge in [0.05, 0.1) is 33.8 Å². The largest absolute Gasteiger partial charge is 0.472 e. The lowest BCUT2D eigenvalue weighted by Crippen LogP contribution is -2.47. The van der Waals surface area contributed by atoms with Crippen molar-refractivity contribution in [3.8, 4) is 0 Å². The van der Waals surface area contributed by atoms with Crippen LogP contribution >= 0.6 is 7.82 Å². The van der Waals surface area contributed by atoms with Crippen molar-refractivity contribution >= 4 is 19.7 Å². The summed E-state index contributed by atoms with van der Waals surface area (Å²) in [6, 6.07) is -0.862. The lowest BCUT2D eigenvalue weighted by Gasteiger charge is -2.27. The summed E-state index contributed by atoms with van der Waals surface area (Å²) in [5.41, 5.74) is 0. The average Bonchev–Trinajstić information content (AvgIpc) is 3.28. The Morgan fingerprint density at radius 1 is 0.522 bits per heavy atom. The first-order chi connectivity index (χ1) is 32.4. The van der Waals surface area contributed by atoms with Gasteiger partial charge >= 0.3 is 13.8 Å². The zero-order chi connectivity index (χ0) is 49.4. The predicted molar refractivity (Wildman–Crippen MR) is 286 cm³/mol. The van der Waals surface area contributed by atoms with Gasteiger partial charge < -0.3 is 19.4 Å². The van der Waals surface area contributed by atoms with Crippen LogP contribution in [-0.4, -0.2) is 74.3 Å². The summed E-state index contributed by atoms with van der Waals surface area (Å²) in [4.78, 5) is 37.4. The summed E-state index contributed by atoms with van der Waals surface area (Å²) in [6.07, 6.45) is 57.8. The van der Waals surface area contributed by atoms with Crippen LogP contribution in [0.2, 0.25) is 0 Å². The quantitative estimate of drug-likeness (QED) is 0.0205. The van der Waals surface area contributed by atoms with E-state index in [4.69, 9.17) is 13.8 Å². The summed E-state index contributed by atoms with van der Waals surface area (Å²) in [5.74, 6) is -0.542. The molecule has 0 saturated carbocycles. The molecular weight excluding hydrogens is 856 g/mol. The van der Waals surface area contributed by atoms with Gasteiger partial charge in [-0.05, 0) is 76.7 Å². The number of nitrogens with one attached hydrogen (secondary N) is 1. The topological polar surface area (TPSA) is 111 Å². The number of carbonyl (C=O) groups excluding carboxylic acids is 2. The van der Waals surface area contributed by atoms with Gasteiger partial charge in [-0.1, -0.05) is 210 Å². The number of hydrogen-bond donors (Lipinski definition) is 2. The maximum atomic E-state index is 13.5. The van der Waals surface area contributed by atoms with Gasteiger partial charge in [0.15, 0.2) is 0 Å². The molecule has 390 valence electrons. The minimum absolute atomic E-state index is 0.0331. The molecule has 0 aromatic heterocycles. The third kappa shape index (κ3) is 48.5. The molecule has 0 rings (SSSR count). The number of amides is 1. The summed E-state index contributed by atoms with van der Waals surface area (Å²) < 4.78 is 30.5. The Bertz CT molecular complexity index is 1340. The number of phosphoric acid groups is 1. The number of ether oxygens (including phenoxy) is 1. The lowest BCUT2D eigenvalue weighted by molar-refractivity contribution is -0.870. The van der Waals surface area contributed by atoms with Crippen molar-refractivity contribution in [1.82, 2.24) is 5.32 Å². The van der Waals surface area contributed by atoms with Gasteiger partial charge in [-0.25, -0.2) is 4.57 Å². The van der Waals surface area contributed by atoms with E-state index in [2.05, 4.69) is 74.7 Å². The number of esters is 1. The van der Waals surface area contributed by atoms with Crippen molar-refractivity contribution < 1.29 is 37.3 Å². The molecule has 0 aromatic rings. The normalized spacial score (nSPS) is 14.3. The second kappa shape index (κ2) is 47.4. The SMILES string of the molecule is CCCCC/C=C\C/C=C\C/C=C\C/C=C\CCCCCC(=O)NC(COP(=O)(O)OCC[N+](C)(C)C)C(/C=C\CCCCCCCCCCC)OC(=O)CCCCCCCCCCCCC. The summed E-state index contributed by atoms with van der Waals surface area (Å²) >= 11 is 0. The van der Waals surface area contributed by atoms with E-state index < -0.39 is 20.0 Å². The molecule has 0 saturated heterocycles. The van der Waals surface area contributed by atoms with Crippen LogP contribution in [0.1, 0.15) is 239 Å². The fourth-order valence-corrected chi connectivity index (χ4v) is 8.36. The highest BCUT2D eigenvalue weighted by molar-refractivity contribution is 7.47. The third-order valence-corrected chi connectivity index (χ3v) is 12.9. The molecule has 0 aromatic carbocycles. The minimum atomic E-state index is -4.45. The molecule has 3 atom stereocenters. The molecule has 0 radical (unpaired) electrons. The maximum Gasteiger partial charge on any atom is 0.472 e. The van der Waals surface area contributed by atoms with E-state index in [-0.39, 0.29) is 31.5 Å². The molecule has 0 aliphatic rings. The molecule has 0 aliphatic heterocycles. The van der Waals surface area contributed by atoms with Gasteiger partial charge in [0.25, 0.3) is 0 Å². The van der Waals surface area contributed by atoms with Gasteiger partial charge in [-0.15, -0.1) is 0 Å². The van der Waals surface area contributed by atoms with Crippen molar-refractivity contribution in [1.29, 1.82) is 0 Å². The molecule has 67 heavy (non-hydrogen) atoms. The van der Waals surface area contributed by atoms with E-state index in [1.54, 1.807) is 0 Å². The Morgan fingerprint density at radius 3 is 1.40 bits per heavy atom. The summed E-state index contributed by atoms with van der Waals surface area (Å²) in [7, 11) is 1.47. The highest BCUT2D eigenvalue weighted by atomic mass is 31.2. The molecule has 0 spiro atoms. The smallest absolute Gasteiger partial charge is 0.456 e. The number of carbonyl (C=O) groups is 2. The lowest BCUT2D eigenvalue weighted by atomic mass is 10.0. The molecule has 0 bridgehead atoms. The molecule has 2 N–H and O–H groups in total. The number of quaternary nitrogens is 1. The van der Waals surface area contributed by atoms with E-state index in [1.807, 2.05) is 33.3 Å². The van der Waals surface area contributed by atoms with Crippen LogP contribution in [0, 0.1) is 0 Å². The molecule has 9 nitrogen and oxygen atoms in total. The predicted octanol–water partition coefficient (Wildman–Crippen LogP) is 16.3. The Morgan fingerprint density at radius 2 is 0.910 bits per heavy atom. The van der Waals surface area contributed by atoms with Crippen LogP contribution in [0.5, 0.6) is 0 Å². The molecule has 3 unspecified atom stereocenters. The van der Waals surface area contributed by atoms with Gasteiger partial charge in [-0.3, -0.25) is 18.6 Å². The molecule has 0 heterocycles. The fraction of sp³-hybridized carbons (Fsp3) is 0.789. The van der Waals surface area contributed by atoms with Gasteiger partial charge in [0, 0.05) is 12.8 Å². The van der Waals surface area contributed by atoms with E-state index in [9.17, 15) is 19.0 Å². The number of phosphoric ester groups is 1. The minimum Gasteiger partial charge on any atom is -0.456 e. The fourth-order valence-electron chi connectivity index (χ4n) is 7.63. The van der Waals surface area contributed by atoms with Crippen LogP contribution in [-0.2, 0) is 27.9 Å². The Balaban J connectivity index is 5.38. The number of rotatable bonds is 49. The number of likely N-dealkylation sites (N-methyl/N-ethyl adjacent to an activating group) is 1. The van der Waals surface area contributed by atoms with Crippen LogP contribution in [0.25, 0.3) is 0 Å². The van der Waals surface area contributed by atoms with Gasteiger partial charge in [-0.2, -0.15) is 0 Å². The summed E-state index contributed by atoms with van der Waals surface area (Å²) in [5, 5.41) is 3.02. The standard InChI is InChI=1S/C57H105N2O7P/c1-7-10-13-16-19-22-25-26-27-28-29-30-31-32-35-37-40-43-46-49-56(60)58-54(53-65-67(62,63)64-52-51-59(4,5)6)55(48-45-42-39-36-33-23-20-17-14-11-8-2)66-57(61)50-47-44-41-38-34-24-21-18-15-12-9-3/h19,22,26-27,29-30,32,35,45,48,54-55H,7-18,20-21,23-25,28,31,33-34,36-44,46-47,49-53H2,1-6H3,(H-,58,60,62,63)/p+1/b22-19-,27-26-,30-29-,35-32-,48-45-. The van der Waals surface area contributed by atoms with Crippen LogP contribution in [0.15, 0.2) is 60.8 Å². The van der Waals surface area contributed by atoms with E-state index in [1.165, 1.54) is 122 Å². The Labute approximate surface area is 413 Å². The van der Waals surface area contributed by atoms with Gasteiger partial charge in [0.2, 0.25) is 5.91 Å². The van der Waals surface area contributed by atoms with E-state index >= 15 is 0 Å². The van der Waals surface area contributed by atoms with Crippen molar-refractivity contribution in [2.75, 3.05) is 40.9 Å². The van der Waals surface area contributed by atoms with Gasteiger partial charge in [0.1, 0.15) is 19.3 Å².